The van der Waals surface area contributed by atoms with Gasteiger partial charge >= 0.3 is 0 Å². The molecule has 1 amide bonds. The number of nitrogens with one attached hydrogen (secondary N) is 1. The summed E-state index contributed by atoms with van der Waals surface area (Å²) in [5.41, 5.74) is 2.46. The fraction of sp³-hybridized carbons (Fsp3) is 0.188. The van der Waals surface area contributed by atoms with Crippen LogP contribution in [0.5, 0.6) is 5.75 Å². The molecule has 0 atom stereocenters. The van der Waals surface area contributed by atoms with E-state index in [1.807, 2.05) is 31.2 Å². The van der Waals surface area contributed by atoms with Crippen molar-refractivity contribution in [3.8, 4) is 17.0 Å². The largest absolute Gasteiger partial charge is 0.497 e. The first-order chi connectivity index (χ1) is 11.1. The zero-order chi connectivity index (χ0) is 16.4. The van der Waals surface area contributed by atoms with Crippen LogP contribution in [0.1, 0.15) is 21.1 Å². The standard InChI is InChI=1S/C16H15N3O3S/c1-9-8-13(22-19-9)15(20)18-16-17-14(10(2)23-16)11-4-6-12(21-3)7-5-11/h4-8H,1-3H3,(H,17,18,20). The fourth-order valence-corrected chi connectivity index (χ4v) is 2.93. The summed E-state index contributed by atoms with van der Waals surface area (Å²) in [7, 11) is 1.63. The van der Waals surface area contributed by atoms with Crippen molar-refractivity contribution in [2.45, 2.75) is 13.8 Å². The van der Waals surface area contributed by atoms with E-state index in [2.05, 4.69) is 15.5 Å². The quantitative estimate of drug-likeness (QED) is 0.790. The number of nitrogens with zero attached hydrogens (tertiary/aromatic N) is 2. The van der Waals surface area contributed by atoms with Crippen LogP contribution in [0.15, 0.2) is 34.9 Å². The van der Waals surface area contributed by atoms with E-state index in [1.165, 1.54) is 11.3 Å². The first-order valence-corrected chi connectivity index (χ1v) is 7.75. The molecule has 0 aliphatic heterocycles. The minimum atomic E-state index is -0.361. The molecular formula is C16H15N3O3S. The maximum absolute atomic E-state index is 12.1. The van der Waals surface area contributed by atoms with Gasteiger partial charge in [0.25, 0.3) is 5.91 Å². The third-order valence-corrected chi connectivity index (χ3v) is 4.12. The zero-order valence-corrected chi connectivity index (χ0v) is 13.7. The Balaban J connectivity index is 1.81. The van der Waals surface area contributed by atoms with Crippen LogP contribution in [0.2, 0.25) is 0 Å². The van der Waals surface area contributed by atoms with Gasteiger partial charge in [-0.1, -0.05) is 5.16 Å². The molecule has 2 aromatic heterocycles. The van der Waals surface area contributed by atoms with Crippen LogP contribution in [0.25, 0.3) is 11.3 Å². The number of rotatable bonds is 4. The van der Waals surface area contributed by atoms with Crippen molar-refractivity contribution < 1.29 is 14.1 Å². The highest BCUT2D eigenvalue weighted by Crippen LogP contribution is 2.31. The fourth-order valence-electron chi connectivity index (χ4n) is 2.10. The molecule has 0 bridgehead atoms. The van der Waals surface area contributed by atoms with E-state index >= 15 is 0 Å². The number of amides is 1. The zero-order valence-electron chi connectivity index (χ0n) is 12.9. The molecule has 118 valence electrons. The minimum absolute atomic E-state index is 0.168. The Kier molecular flexibility index (Phi) is 4.12. The monoisotopic (exact) mass is 329 g/mol. The third kappa shape index (κ3) is 3.24. The Labute approximate surface area is 137 Å². The average molecular weight is 329 g/mol. The maximum Gasteiger partial charge on any atom is 0.296 e. The second kappa shape index (κ2) is 6.21. The summed E-state index contributed by atoms with van der Waals surface area (Å²) in [6.07, 6.45) is 0. The number of hydrogen-bond acceptors (Lipinski definition) is 6. The number of aromatic nitrogens is 2. The molecule has 2 heterocycles. The van der Waals surface area contributed by atoms with Gasteiger partial charge in [0.15, 0.2) is 5.13 Å². The Morgan fingerprint density at radius 2 is 2.00 bits per heavy atom. The highest BCUT2D eigenvalue weighted by Gasteiger charge is 2.16. The lowest BCUT2D eigenvalue weighted by Gasteiger charge is -2.01. The Hall–Kier alpha value is -2.67. The van der Waals surface area contributed by atoms with Gasteiger partial charge in [-0.3, -0.25) is 10.1 Å². The molecule has 0 saturated carbocycles. The lowest BCUT2D eigenvalue weighted by Crippen LogP contribution is -2.10. The molecule has 0 aliphatic rings. The summed E-state index contributed by atoms with van der Waals surface area (Å²) in [4.78, 5) is 17.6. The molecule has 0 spiro atoms. The molecule has 6 nitrogen and oxygen atoms in total. The summed E-state index contributed by atoms with van der Waals surface area (Å²) < 4.78 is 10.1. The van der Waals surface area contributed by atoms with Crippen LogP contribution in [0.3, 0.4) is 0 Å². The van der Waals surface area contributed by atoms with Crippen LogP contribution in [-0.2, 0) is 0 Å². The van der Waals surface area contributed by atoms with Crippen molar-refractivity contribution >= 4 is 22.4 Å². The smallest absolute Gasteiger partial charge is 0.296 e. The lowest BCUT2D eigenvalue weighted by atomic mass is 10.1. The van der Waals surface area contributed by atoms with Gasteiger partial charge in [0.05, 0.1) is 18.5 Å². The average Bonchev–Trinajstić information content (AvgIpc) is 3.13. The van der Waals surface area contributed by atoms with Crippen LogP contribution in [0.4, 0.5) is 5.13 Å². The van der Waals surface area contributed by atoms with Crippen LogP contribution in [0, 0.1) is 13.8 Å². The van der Waals surface area contributed by atoms with Gasteiger partial charge < -0.3 is 9.26 Å². The molecule has 0 fully saturated rings. The summed E-state index contributed by atoms with van der Waals surface area (Å²) in [6.45, 7) is 3.72. The second-order valence-corrected chi connectivity index (χ2v) is 6.14. The van der Waals surface area contributed by atoms with Gasteiger partial charge in [0.2, 0.25) is 5.76 Å². The maximum atomic E-state index is 12.1. The molecule has 3 aromatic rings. The highest BCUT2D eigenvalue weighted by atomic mass is 32.1. The lowest BCUT2D eigenvalue weighted by molar-refractivity contribution is 0.0988. The topological polar surface area (TPSA) is 77.2 Å². The molecule has 0 saturated heterocycles. The summed E-state index contributed by atoms with van der Waals surface area (Å²) in [6, 6.07) is 9.21. The molecule has 3 rings (SSSR count). The molecule has 1 aromatic carbocycles. The molecule has 7 heteroatoms. The van der Waals surface area contributed by atoms with E-state index in [9.17, 15) is 4.79 Å². The number of benzene rings is 1. The number of carbonyl (C=O) groups excluding carboxylic acids is 1. The predicted octanol–water partition coefficient (Wildman–Crippen LogP) is 3.68. The first-order valence-electron chi connectivity index (χ1n) is 6.93. The van der Waals surface area contributed by atoms with Crippen molar-refractivity contribution in [3.05, 3.63) is 46.7 Å². The number of carbonyl (C=O) groups is 1. The van der Waals surface area contributed by atoms with E-state index in [0.717, 1.165) is 21.9 Å². The van der Waals surface area contributed by atoms with Crippen molar-refractivity contribution in [2.75, 3.05) is 12.4 Å². The summed E-state index contributed by atoms with van der Waals surface area (Å²) in [5.74, 6) is 0.595. The van der Waals surface area contributed by atoms with Gasteiger partial charge in [-0.25, -0.2) is 4.98 Å². The van der Waals surface area contributed by atoms with Crippen molar-refractivity contribution in [3.63, 3.8) is 0 Å². The number of hydrogen-bond donors (Lipinski definition) is 1. The van der Waals surface area contributed by atoms with Gasteiger partial charge in [0.1, 0.15) is 5.75 Å². The van der Waals surface area contributed by atoms with Gasteiger partial charge in [0, 0.05) is 16.5 Å². The second-order valence-electron chi connectivity index (χ2n) is 4.94. The number of methoxy groups -OCH3 is 1. The summed E-state index contributed by atoms with van der Waals surface area (Å²) >= 11 is 1.41. The molecule has 0 unspecified atom stereocenters. The van der Waals surface area contributed by atoms with Crippen molar-refractivity contribution in [1.82, 2.24) is 10.1 Å². The van der Waals surface area contributed by atoms with Crippen molar-refractivity contribution in [1.29, 1.82) is 0 Å². The minimum Gasteiger partial charge on any atom is -0.497 e. The molecule has 1 N–H and O–H groups in total. The Morgan fingerprint density at radius 3 is 2.61 bits per heavy atom. The van der Waals surface area contributed by atoms with Gasteiger partial charge in [-0.05, 0) is 38.1 Å². The Morgan fingerprint density at radius 1 is 1.26 bits per heavy atom. The van der Waals surface area contributed by atoms with E-state index < -0.39 is 0 Å². The van der Waals surface area contributed by atoms with E-state index in [-0.39, 0.29) is 11.7 Å². The van der Waals surface area contributed by atoms with Gasteiger partial charge in [-0.15, -0.1) is 11.3 Å². The first kappa shape index (κ1) is 15.2. The number of thiazole rings is 1. The highest BCUT2D eigenvalue weighted by molar-refractivity contribution is 7.16. The van der Waals surface area contributed by atoms with Crippen LogP contribution < -0.4 is 10.1 Å². The number of anilines is 1. The predicted molar refractivity (Wildman–Crippen MR) is 88.0 cm³/mol. The number of ether oxygens (including phenoxy) is 1. The van der Waals surface area contributed by atoms with Gasteiger partial charge in [-0.2, -0.15) is 0 Å². The van der Waals surface area contributed by atoms with E-state index in [1.54, 1.807) is 20.1 Å². The molecule has 0 aliphatic carbocycles. The molecule has 23 heavy (non-hydrogen) atoms. The summed E-state index contributed by atoms with van der Waals surface area (Å²) in [5, 5.41) is 6.96. The Bertz CT molecular complexity index is 837. The molecule has 0 radical (unpaired) electrons. The van der Waals surface area contributed by atoms with E-state index in [4.69, 9.17) is 9.26 Å². The van der Waals surface area contributed by atoms with Crippen LogP contribution >= 0.6 is 11.3 Å². The SMILES string of the molecule is COc1ccc(-c2nc(NC(=O)c3cc(C)no3)sc2C)cc1. The van der Waals surface area contributed by atoms with Crippen molar-refractivity contribution in [2.24, 2.45) is 0 Å². The normalized spacial score (nSPS) is 10.6. The van der Waals surface area contributed by atoms with Crippen LogP contribution in [-0.4, -0.2) is 23.2 Å². The molecular weight excluding hydrogens is 314 g/mol. The van der Waals surface area contributed by atoms with E-state index in [0.29, 0.717) is 10.8 Å². The third-order valence-electron chi connectivity index (χ3n) is 3.23. The number of aryl methyl sites for hydroxylation is 2.